The average molecular weight is 721 g/mol. The van der Waals surface area contributed by atoms with E-state index in [0.29, 0.717) is 6.42 Å². The number of ether oxygens (including phenoxy) is 2. The zero-order chi connectivity index (χ0) is 37.7. The van der Waals surface area contributed by atoms with Gasteiger partial charge in [0.15, 0.2) is 11.6 Å². The molecule has 0 spiro atoms. The van der Waals surface area contributed by atoms with Crippen molar-refractivity contribution >= 4 is 40.8 Å². The first-order valence-electron chi connectivity index (χ1n) is 17.0. The molecule has 0 aliphatic heterocycles. The minimum atomic E-state index is -0.515. The fraction of sp³-hybridized carbons (Fsp3) is 0.821. The molecule has 0 saturated carbocycles. The molecule has 6 atom stereocenters. The number of carbonyl (C=O) groups is 7. The third-order valence-corrected chi connectivity index (χ3v) is 7.23. The van der Waals surface area contributed by atoms with E-state index in [9.17, 15) is 33.6 Å². The van der Waals surface area contributed by atoms with Gasteiger partial charge < -0.3 is 20.1 Å². The average Bonchev–Trinajstić information content (AvgIpc) is 2.98. The van der Waals surface area contributed by atoms with E-state index in [4.69, 9.17) is 9.47 Å². The van der Waals surface area contributed by atoms with Crippen LogP contribution in [0.3, 0.4) is 0 Å². The second kappa shape index (κ2) is 39.0. The van der Waals surface area contributed by atoms with Crippen molar-refractivity contribution in [2.75, 3.05) is 20.3 Å². The van der Waals surface area contributed by atoms with E-state index in [1.165, 1.54) is 27.7 Å². The van der Waals surface area contributed by atoms with Gasteiger partial charge in [-0.1, -0.05) is 76.7 Å². The maximum atomic E-state index is 11.7. The van der Waals surface area contributed by atoms with Gasteiger partial charge in [0.2, 0.25) is 5.91 Å². The highest BCUT2D eigenvalue weighted by molar-refractivity contribution is 5.92. The Kier molecular flexibility index (Phi) is 48.6. The monoisotopic (exact) mass is 721 g/mol. The molecule has 0 heterocycles. The Morgan fingerprint density at radius 3 is 1.40 bits per heavy atom. The first-order valence-corrected chi connectivity index (χ1v) is 17.0. The minimum absolute atomic E-state index is 0. The van der Waals surface area contributed by atoms with Crippen LogP contribution in [0, 0.1) is 17.8 Å². The predicted molar refractivity (Wildman–Crippen MR) is 207 cm³/mol. The molecule has 0 aromatic carbocycles. The number of esters is 1. The van der Waals surface area contributed by atoms with Gasteiger partial charge >= 0.3 is 5.97 Å². The molecule has 0 aromatic rings. The normalized spacial score (nSPS) is 13.1. The Balaban J connectivity index is -0.000000100. The summed E-state index contributed by atoms with van der Waals surface area (Å²) in [6.07, 6.45) is 5.57. The van der Waals surface area contributed by atoms with Gasteiger partial charge in [0.1, 0.15) is 24.0 Å². The maximum absolute atomic E-state index is 11.7. The Labute approximate surface area is 307 Å². The summed E-state index contributed by atoms with van der Waals surface area (Å²) >= 11 is 0. The topological polar surface area (TPSA) is 162 Å². The van der Waals surface area contributed by atoms with Crippen molar-refractivity contribution in [3.8, 4) is 0 Å². The Hall–Kier alpha value is -2.79. The lowest BCUT2D eigenvalue weighted by Gasteiger charge is -2.17. The number of nitrogens with one attached hydrogen (secondary N) is 2. The molecule has 0 unspecified atom stereocenters. The largest absolute Gasteiger partial charge is 0.463 e. The standard InChI is InChI=1S/C13H23NO3.C9H17NO2.2C7H14O2.3CH4/c1-6-8(2)13(17)14-10(4)12(16)7-9(3)11(5)15;1-6(8(3)11)5-9(12)7(2)10-4;1-4-5-6(2)9-7(3)8;1-3-4-5-9-6-7(2)8;;;/h8-10H,6-7H2,1-5H3,(H,14,17);6-7,10H,5H2,1-4H3;6H,4-5H2,1-3H3;3-6H2,1-2H3;3*1H4/t8-,9-,10-;6-,7-;6-;;;;/m111..../s1. The fourth-order valence-electron chi connectivity index (χ4n) is 3.24. The summed E-state index contributed by atoms with van der Waals surface area (Å²) in [5, 5.41) is 5.52. The van der Waals surface area contributed by atoms with E-state index in [1.807, 2.05) is 20.8 Å². The second-order valence-corrected chi connectivity index (χ2v) is 12.2. The van der Waals surface area contributed by atoms with E-state index in [2.05, 4.69) is 24.5 Å². The van der Waals surface area contributed by atoms with E-state index in [1.54, 1.807) is 34.7 Å². The minimum Gasteiger partial charge on any atom is -0.463 e. The molecule has 300 valence electrons. The van der Waals surface area contributed by atoms with Crippen LogP contribution < -0.4 is 10.6 Å². The molecule has 11 heteroatoms. The Morgan fingerprint density at radius 2 is 1.08 bits per heavy atom. The van der Waals surface area contributed by atoms with Crippen molar-refractivity contribution in [3.63, 3.8) is 0 Å². The lowest BCUT2D eigenvalue weighted by atomic mass is 9.97. The number of amides is 1. The molecule has 0 fully saturated rings. The van der Waals surface area contributed by atoms with Gasteiger partial charge in [0.25, 0.3) is 0 Å². The molecule has 1 amide bonds. The molecule has 0 aromatic heterocycles. The van der Waals surface area contributed by atoms with E-state index in [0.717, 1.165) is 38.7 Å². The van der Waals surface area contributed by atoms with Crippen LogP contribution in [-0.4, -0.2) is 79.2 Å². The highest BCUT2D eigenvalue weighted by Gasteiger charge is 2.21. The molecule has 0 saturated heterocycles. The van der Waals surface area contributed by atoms with Crippen LogP contribution in [0.4, 0.5) is 0 Å². The number of ketones is 5. The maximum Gasteiger partial charge on any atom is 0.302 e. The van der Waals surface area contributed by atoms with Crippen LogP contribution in [0.15, 0.2) is 0 Å². The molecule has 2 N–H and O–H groups in total. The highest BCUT2D eigenvalue weighted by atomic mass is 16.5. The third kappa shape index (κ3) is 41.4. The van der Waals surface area contributed by atoms with Gasteiger partial charge in [-0.25, -0.2) is 0 Å². The Bertz CT molecular complexity index is 921. The van der Waals surface area contributed by atoms with Gasteiger partial charge in [-0.15, -0.1) is 0 Å². The van der Waals surface area contributed by atoms with Crippen LogP contribution in [0.1, 0.15) is 157 Å². The summed E-state index contributed by atoms with van der Waals surface area (Å²) in [6, 6.07) is -0.662. The van der Waals surface area contributed by atoms with Gasteiger partial charge in [0.05, 0.1) is 18.2 Å². The molecule has 50 heavy (non-hydrogen) atoms. The van der Waals surface area contributed by atoms with Crippen molar-refractivity contribution in [2.45, 2.75) is 175 Å². The summed E-state index contributed by atoms with van der Waals surface area (Å²) in [6.45, 7) is 23.7. The van der Waals surface area contributed by atoms with Gasteiger partial charge in [0, 0.05) is 44.1 Å². The van der Waals surface area contributed by atoms with Crippen molar-refractivity contribution in [3.05, 3.63) is 0 Å². The smallest absolute Gasteiger partial charge is 0.302 e. The zero-order valence-electron chi connectivity index (χ0n) is 32.0. The summed E-state index contributed by atoms with van der Waals surface area (Å²) < 4.78 is 9.84. The van der Waals surface area contributed by atoms with Crippen LogP contribution in [0.25, 0.3) is 0 Å². The molecular formula is C39H80N2O9. The van der Waals surface area contributed by atoms with E-state index in [-0.39, 0.29) is 106 Å². The molecule has 0 radical (unpaired) electrons. The number of hydrogen-bond donors (Lipinski definition) is 2. The van der Waals surface area contributed by atoms with Crippen LogP contribution in [0.2, 0.25) is 0 Å². The number of carbonyl (C=O) groups excluding carboxylic acids is 7. The first kappa shape index (κ1) is 62.4. The number of Topliss-reactive ketones (excluding diaryl/α,β-unsaturated/α-hetero) is 5. The lowest BCUT2D eigenvalue weighted by molar-refractivity contribution is -0.145. The van der Waals surface area contributed by atoms with E-state index >= 15 is 0 Å². The van der Waals surface area contributed by atoms with Crippen molar-refractivity contribution in [1.82, 2.24) is 10.6 Å². The van der Waals surface area contributed by atoms with Crippen molar-refractivity contribution < 1.29 is 43.0 Å². The third-order valence-electron chi connectivity index (χ3n) is 7.23. The molecule has 0 bridgehead atoms. The van der Waals surface area contributed by atoms with E-state index < -0.39 is 6.04 Å². The molecular weight excluding hydrogens is 640 g/mol. The van der Waals surface area contributed by atoms with Crippen molar-refractivity contribution in [1.29, 1.82) is 0 Å². The van der Waals surface area contributed by atoms with Crippen molar-refractivity contribution in [2.24, 2.45) is 17.8 Å². The lowest BCUT2D eigenvalue weighted by Crippen LogP contribution is -2.41. The fourth-order valence-corrected chi connectivity index (χ4v) is 3.24. The number of unbranched alkanes of at least 4 members (excludes halogenated alkanes) is 1. The quantitative estimate of drug-likeness (QED) is 0.0949. The first-order chi connectivity index (χ1) is 21.7. The SMILES string of the molecule is C.C.C.CCCCOCC(C)=O.CCC[C@@H](C)OC(C)=O.CC[C@@H](C)C(=O)N[C@H](C)C(=O)C[C@@H](C)C(C)=O.CN[C@H](C)C(=O)C[C@@H](C)C(C)=O. The number of likely N-dealkylation sites (N-methyl/N-ethyl adjacent to an activating group) is 1. The molecule has 0 aliphatic carbocycles. The van der Waals surface area contributed by atoms with Crippen LogP contribution in [-0.2, 0) is 43.0 Å². The van der Waals surface area contributed by atoms with Crippen LogP contribution >= 0.6 is 0 Å². The predicted octanol–water partition coefficient (Wildman–Crippen LogP) is 7.54. The molecule has 0 aliphatic rings. The van der Waals surface area contributed by atoms with Gasteiger partial charge in [-0.2, -0.15) is 0 Å². The highest BCUT2D eigenvalue weighted by Crippen LogP contribution is 2.08. The summed E-state index contributed by atoms with van der Waals surface area (Å²) in [5.41, 5.74) is 0. The molecule has 0 rings (SSSR count). The summed E-state index contributed by atoms with van der Waals surface area (Å²) in [5.74, 6) is -0.616. The number of hydrogen-bond acceptors (Lipinski definition) is 10. The molecule has 11 nitrogen and oxygen atoms in total. The van der Waals surface area contributed by atoms with Gasteiger partial charge in [-0.3, -0.25) is 33.6 Å². The second-order valence-electron chi connectivity index (χ2n) is 12.2. The zero-order valence-corrected chi connectivity index (χ0v) is 32.0. The summed E-state index contributed by atoms with van der Waals surface area (Å²) in [7, 11) is 1.74. The van der Waals surface area contributed by atoms with Gasteiger partial charge in [-0.05, 0) is 67.9 Å². The summed E-state index contributed by atoms with van der Waals surface area (Å²) in [4.78, 5) is 77.0. The Morgan fingerprint density at radius 1 is 0.640 bits per heavy atom. The van der Waals surface area contributed by atoms with Crippen LogP contribution in [0.5, 0.6) is 0 Å². The number of rotatable bonds is 20.